The van der Waals surface area contributed by atoms with Crippen LogP contribution in [0.3, 0.4) is 0 Å². The minimum Gasteiger partial charge on any atom is -0.481 e. The summed E-state index contributed by atoms with van der Waals surface area (Å²) in [4.78, 5) is 11.9. The van der Waals surface area contributed by atoms with E-state index in [4.69, 9.17) is 4.74 Å². The summed E-state index contributed by atoms with van der Waals surface area (Å²) in [5.41, 5.74) is -0.0565. The fourth-order valence-corrected chi connectivity index (χ4v) is 1.93. The Morgan fingerprint density at radius 3 is 2.89 bits per heavy atom. The molecule has 0 unspecified atom stereocenters. The van der Waals surface area contributed by atoms with E-state index in [9.17, 15) is 9.18 Å². The molecule has 0 aliphatic carbocycles. The Hall–Kier alpha value is -1.89. The monoisotopic (exact) mass is 327 g/mol. The van der Waals surface area contributed by atoms with Crippen LogP contribution in [0, 0.1) is 5.82 Å². The Kier molecular flexibility index (Phi) is 3.84. The number of carbonyl (C=O) groups is 1. The highest BCUT2D eigenvalue weighted by Gasteiger charge is 2.15. The van der Waals surface area contributed by atoms with Crippen LogP contribution in [-0.4, -0.2) is 22.8 Å². The van der Waals surface area contributed by atoms with Crippen molar-refractivity contribution < 1.29 is 13.9 Å². The normalized spacial score (nSPS) is 10.3. The maximum atomic E-state index is 13.7. The zero-order valence-electron chi connectivity index (χ0n) is 10.3. The van der Waals surface area contributed by atoms with Crippen molar-refractivity contribution in [2.24, 2.45) is 7.05 Å². The van der Waals surface area contributed by atoms with Gasteiger partial charge >= 0.3 is 0 Å². The maximum absolute atomic E-state index is 13.7. The molecule has 0 radical (unpaired) electrons. The van der Waals surface area contributed by atoms with E-state index in [-0.39, 0.29) is 10.0 Å². The van der Waals surface area contributed by atoms with Crippen molar-refractivity contribution in [1.82, 2.24) is 9.78 Å². The van der Waals surface area contributed by atoms with Crippen LogP contribution in [0.2, 0.25) is 0 Å². The van der Waals surface area contributed by atoms with Gasteiger partial charge in [0.2, 0.25) is 5.88 Å². The first kappa shape index (κ1) is 13.5. The van der Waals surface area contributed by atoms with E-state index in [1.54, 1.807) is 19.2 Å². The van der Waals surface area contributed by atoms with Crippen molar-refractivity contribution in [2.75, 3.05) is 12.4 Å². The van der Waals surface area contributed by atoms with Crippen LogP contribution in [0.1, 0.15) is 10.4 Å². The Balaban J connectivity index is 2.23. The first-order chi connectivity index (χ1) is 9.02. The van der Waals surface area contributed by atoms with Gasteiger partial charge in [-0.2, -0.15) is 5.10 Å². The van der Waals surface area contributed by atoms with Crippen molar-refractivity contribution in [3.8, 4) is 5.88 Å². The summed E-state index contributed by atoms with van der Waals surface area (Å²) in [6.45, 7) is 0. The van der Waals surface area contributed by atoms with Crippen molar-refractivity contribution in [2.45, 2.75) is 0 Å². The molecule has 1 aromatic carbocycles. The van der Waals surface area contributed by atoms with Crippen LogP contribution in [0.4, 0.5) is 10.2 Å². The van der Waals surface area contributed by atoms with E-state index in [0.29, 0.717) is 11.7 Å². The number of halogens is 2. The summed E-state index contributed by atoms with van der Waals surface area (Å²) in [7, 11) is 3.17. The fraction of sp³-hybridized carbons (Fsp3) is 0.167. The molecule has 5 nitrogen and oxygen atoms in total. The predicted molar refractivity (Wildman–Crippen MR) is 71.8 cm³/mol. The van der Waals surface area contributed by atoms with Gasteiger partial charge in [-0.3, -0.25) is 4.79 Å². The predicted octanol–water partition coefficient (Wildman–Crippen LogP) is 2.58. The number of methoxy groups -OCH3 is 1. The number of ether oxygens (including phenoxy) is 1. The molecule has 0 aliphatic rings. The van der Waals surface area contributed by atoms with Crippen LogP contribution >= 0.6 is 15.9 Å². The molecule has 0 saturated heterocycles. The minimum atomic E-state index is -0.608. The quantitative estimate of drug-likeness (QED) is 0.942. The Bertz CT molecular complexity index is 627. The summed E-state index contributed by atoms with van der Waals surface area (Å²) in [6, 6.07) is 6.06. The summed E-state index contributed by atoms with van der Waals surface area (Å²) < 4.78 is 20.5. The number of carbonyl (C=O) groups excluding carboxylic acids is 1. The second-order valence-electron chi connectivity index (χ2n) is 3.75. The lowest BCUT2D eigenvalue weighted by atomic mass is 10.2. The van der Waals surface area contributed by atoms with Crippen molar-refractivity contribution in [3.63, 3.8) is 0 Å². The molecule has 1 N–H and O–H groups in total. The molecule has 1 aromatic heterocycles. The highest BCUT2D eigenvalue weighted by molar-refractivity contribution is 9.10. The van der Waals surface area contributed by atoms with Crippen LogP contribution in [-0.2, 0) is 7.05 Å². The molecule has 19 heavy (non-hydrogen) atoms. The van der Waals surface area contributed by atoms with Gasteiger partial charge < -0.3 is 10.1 Å². The largest absolute Gasteiger partial charge is 0.481 e. The topological polar surface area (TPSA) is 56.1 Å². The van der Waals surface area contributed by atoms with Gasteiger partial charge in [-0.25, -0.2) is 9.07 Å². The lowest BCUT2D eigenvalue weighted by molar-refractivity contribution is 0.102. The Morgan fingerprint density at radius 2 is 2.26 bits per heavy atom. The summed E-state index contributed by atoms with van der Waals surface area (Å²) in [6.07, 6.45) is 0. The standard InChI is InChI=1S/C12H11BrFN3O2/c1-17-10(19-2)6-9(16-17)15-12(18)7-4-3-5-8(13)11(7)14/h3-6H,1-2H3,(H,15,16,18). The summed E-state index contributed by atoms with van der Waals surface area (Å²) in [5.74, 6) is -0.392. The molecule has 7 heteroatoms. The van der Waals surface area contributed by atoms with Gasteiger partial charge in [0.1, 0.15) is 5.82 Å². The Morgan fingerprint density at radius 1 is 1.53 bits per heavy atom. The SMILES string of the molecule is COc1cc(NC(=O)c2cccc(Br)c2F)nn1C. The molecule has 1 amide bonds. The Labute approximate surface area is 117 Å². The third-order valence-corrected chi connectivity index (χ3v) is 3.10. The van der Waals surface area contributed by atoms with E-state index in [1.807, 2.05) is 0 Å². The molecule has 0 bridgehead atoms. The zero-order chi connectivity index (χ0) is 14.0. The first-order valence-corrected chi connectivity index (χ1v) is 6.15. The molecule has 0 fully saturated rings. The minimum absolute atomic E-state index is 0.0565. The van der Waals surface area contributed by atoms with Gasteiger partial charge in [0, 0.05) is 13.1 Å². The average Bonchev–Trinajstić information content (AvgIpc) is 2.72. The van der Waals surface area contributed by atoms with Gasteiger partial charge in [0.25, 0.3) is 5.91 Å². The number of nitrogens with zero attached hydrogens (tertiary/aromatic N) is 2. The third-order valence-electron chi connectivity index (χ3n) is 2.48. The molecule has 2 rings (SSSR count). The zero-order valence-corrected chi connectivity index (χ0v) is 11.9. The number of anilines is 1. The average molecular weight is 328 g/mol. The van der Waals surface area contributed by atoms with Gasteiger partial charge in [0.15, 0.2) is 5.82 Å². The highest BCUT2D eigenvalue weighted by Crippen LogP contribution is 2.20. The molecule has 2 aromatic rings. The van der Waals surface area contributed by atoms with Crippen LogP contribution in [0.5, 0.6) is 5.88 Å². The molecule has 1 heterocycles. The van der Waals surface area contributed by atoms with Gasteiger partial charge in [-0.1, -0.05) is 6.07 Å². The second-order valence-corrected chi connectivity index (χ2v) is 4.61. The molecule has 0 aliphatic heterocycles. The molecule has 100 valence electrons. The number of aromatic nitrogens is 2. The number of rotatable bonds is 3. The number of nitrogens with one attached hydrogen (secondary N) is 1. The number of amides is 1. The number of hydrogen-bond donors (Lipinski definition) is 1. The van der Waals surface area contributed by atoms with Gasteiger partial charge in [-0.05, 0) is 28.1 Å². The third kappa shape index (κ3) is 2.76. The number of benzene rings is 1. The van der Waals surface area contributed by atoms with E-state index < -0.39 is 11.7 Å². The van der Waals surface area contributed by atoms with Gasteiger partial charge in [-0.15, -0.1) is 0 Å². The van der Waals surface area contributed by atoms with Crippen LogP contribution in [0.15, 0.2) is 28.7 Å². The lowest BCUT2D eigenvalue weighted by Gasteiger charge is -2.04. The lowest BCUT2D eigenvalue weighted by Crippen LogP contribution is -2.14. The first-order valence-electron chi connectivity index (χ1n) is 5.36. The van der Waals surface area contributed by atoms with E-state index in [2.05, 4.69) is 26.3 Å². The molecule has 0 spiro atoms. The van der Waals surface area contributed by atoms with Gasteiger partial charge in [0.05, 0.1) is 17.1 Å². The number of aryl methyl sites for hydroxylation is 1. The molecule has 0 saturated carbocycles. The number of hydrogen-bond acceptors (Lipinski definition) is 3. The van der Waals surface area contributed by atoms with Crippen LogP contribution < -0.4 is 10.1 Å². The van der Waals surface area contributed by atoms with Crippen molar-refractivity contribution >= 4 is 27.7 Å². The van der Waals surface area contributed by atoms with E-state index in [0.717, 1.165) is 0 Å². The molecular formula is C12H11BrFN3O2. The summed E-state index contributed by atoms with van der Waals surface area (Å²) >= 11 is 3.03. The maximum Gasteiger partial charge on any atom is 0.259 e. The summed E-state index contributed by atoms with van der Waals surface area (Å²) in [5, 5.41) is 6.53. The smallest absolute Gasteiger partial charge is 0.259 e. The van der Waals surface area contributed by atoms with Crippen molar-refractivity contribution in [3.05, 3.63) is 40.1 Å². The molecular weight excluding hydrogens is 317 g/mol. The molecule has 0 atom stereocenters. The van der Waals surface area contributed by atoms with Crippen molar-refractivity contribution in [1.29, 1.82) is 0 Å². The van der Waals surface area contributed by atoms with E-state index >= 15 is 0 Å². The second kappa shape index (κ2) is 5.40. The van der Waals surface area contributed by atoms with Crippen LogP contribution in [0.25, 0.3) is 0 Å². The fourth-order valence-electron chi connectivity index (χ4n) is 1.57. The van der Waals surface area contributed by atoms with E-state index in [1.165, 1.54) is 23.9 Å². The highest BCUT2D eigenvalue weighted by atomic mass is 79.9.